The Morgan fingerprint density at radius 3 is 2.66 bits per heavy atom. The van der Waals surface area contributed by atoms with E-state index in [4.69, 9.17) is 9.47 Å². The quantitative estimate of drug-likeness (QED) is 0.141. The standard InChI is InChI=1S/C30H25N3O5/c1-37-29-17-22(30(34)38-2)10-9-21(29)16-23-19-32(28-14-13-25(33(35)36)18-26(23)28)15-5-7-24-12-11-20-6-3-4-8-27(20)31-24/h3-14,17-19H,15-16H2,1-2H3/b7-5+. The molecule has 0 aliphatic heterocycles. The predicted octanol–water partition coefficient (Wildman–Crippen LogP) is 6.20. The molecule has 0 saturated carbocycles. The lowest BCUT2D eigenvalue weighted by atomic mass is 10.0. The summed E-state index contributed by atoms with van der Waals surface area (Å²) in [5, 5.41) is 13.4. The molecule has 2 heterocycles. The zero-order valence-corrected chi connectivity index (χ0v) is 21.0. The Kier molecular flexibility index (Phi) is 6.86. The molecule has 0 atom stereocenters. The summed E-state index contributed by atoms with van der Waals surface area (Å²) < 4.78 is 12.4. The van der Waals surface area contributed by atoms with Crippen LogP contribution in [0.3, 0.4) is 0 Å². The first-order valence-electron chi connectivity index (χ1n) is 12.0. The van der Waals surface area contributed by atoms with Crippen molar-refractivity contribution in [3.05, 3.63) is 118 Å². The van der Waals surface area contributed by atoms with E-state index in [1.165, 1.54) is 13.2 Å². The van der Waals surface area contributed by atoms with E-state index in [2.05, 4.69) is 9.55 Å². The van der Waals surface area contributed by atoms with Crippen molar-refractivity contribution in [2.45, 2.75) is 13.0 Å². The number of nitrogens with zero attached hydrogens (tertiary/aromatic N) is 3. The maximum atomic E-state index is 11.9. The van der Waals surface area contributed by atoms with E-state index >= 15 is 0 Å². The van der Waals surface area contributed by atoms with Crippen LogP contribution >= 0.6 is 0 Å². The predicted molar refractivity (Wildman–Crippen MR) is 147 cm³/mol. The van der Waals surface area contributed by atoms with Gasteiger partial charge in [0, 0.05) is 47.6 Å². The third-order valence-corrected chi connectivity index (χ3v) is 6.46. The van der Waals surface area contributed by atoms with E-state index in [1.807, 2.05) is 60.8 Å². The lowest BCUT2D eigenvalue weighted by molar-refractivity contribution is -0.384. The lowest BCUT2D eigenvalue weighted by Crippen LogP contribution is -2.03. The number of allylic oxidation sites excluding steroid dienone is 1. The van der Waals surface area contributed by atoms with Gasteiger partial charge in [0.05, 0.1) is 35.9 Å². The zero-order chi connectivity index (χ0) is 26.6. The number of para-hydroxylation sites is 1. The zero-order valence-electron chi connectivity index (χ0n) is 21.0. The number of nitro benzene ring substituents is 1. The number of hydrogen-bond acceptors (Lipinski definition) is 6. The lowest BCUT2D eigenvalue weighted by Gasteiger charge is -2.10. The third-order valence-electron chi connectivity index (χ3n) is 6.46. The van der Waals surface area contributed by atoms with Crippen LogP contribution < -0.4 is 4.74 Å². The van der Waals surface area contributed by atoms with Crippen molar-refractivity contribution in [1.82, 2.24) is 9.55 Å². The molecule has 5 rings (SSSR count). The van der Waals surface area contributed by atoms with Crippen LogP contribution in [0.4, 0.5) is 5.69 Å². The fourth-order valence-corrected chi connectivity index (χ4v) is 4.57. The molecule has 3 aromatic carbocycles. The average molecular weight is 508 g/mol. The molecule has 0 bridgehead atoms. The van der Waals surface area contributed by atoms with E-state index < -0.39 is 10.9 Å². The highest BCUT2D eigenvalue weighted by atomic mass is 16.6. The molecule has 190 valence electrons. The molecule has 0 aliphatic carbocycles. The summed E-state index contributed by atoms with van der Waals surface area (Å²) in [6.45, 7) is 0.557. The molecule has 8 nitrogen and oxygen atoms in total. The molecule has 0 unspecified atom stereocenters. The molecule has 0 saturated heterocycles. The molecule has 0 N–H and O–H groups in total. The Bertz CT molecular complexity index is 1700. The molecule has 8 heteroatoms. The van der Waals surface area contributed by atoms with Gasteiger partial charge in [-0.25, -0.2) is 9.78 Å². The van der Waals surface area contributed by atoms with E-state index in [0.29, 0.717) is 24.3 Å². The number of nitro groups is 1. The van der Waals surface area contributed by atoms with Crippen LogP contribution in [-0.2, 0) is 17.7 Å². The maximum Gasteiger partial charge on any atom is 0.337 e. The van der Waals surface area contributed by atoms with Gasteiger partial charge in [0.2, 0.25) is 0 Å². The average Bonchev–Trinajstić information content (AvgIpc) is 3.29. The Morgan fingerprint density at radius 1 is 1.03 bits per heavy atom. The second-order valence-electron chi connectivity index (χ2n) is 8.79. The topological polar surface area (TPSA) is 96.5 Å². The Balaban J connectivity index is 1.48. The molecular formula is C30H25N3O5. The molecule has 38 heavy (non-hydrogen) atoms. The van der Waals surface area contributed by atoms with E-state index in [-0.39, 0.29) is 5.69 Å². The van der Waals surface area contributed by atoms with Crippen LogP contribution in [0, 0.1) is 10.1 Å². The molecule has 0 amide bonds. The van der Waals surface area contributed by atoms with E-state index in [1.54, 1.807) is 31.4 Å². The summed E-state index contributed by atoms with van der Waals surface area (Å²) >= 11 is 0. The van der Waals surface area contributed by atoms with Gasteiger partial charge < -0.3 is 14.0 Å². The van der Waals surface area contributed by atoms with Crippen LogP contribution in [0.25, 0.3) is 27.9 Å². The second kappa shape index (κ2) is 10.6. The highest BCUT2D eigenvalue weighted by molar-refractivity contribution is 5.90. The van der Waals surface area contributed by atoms with Crippen LogP contribution in [-0.4, -0.2) is 34.7 Å². The molecule has 0 spiro atoms. The Morgan fingerprint density at radius 2 is 1.87 bits per heavy atom. The summed E-state index contributed by atoms with van der Waals surface area (Å²) in [6.07, 6.45) is 6.46. The van der Waals surface area contributed by atoms with Crippen LogP contribution in [0.2, 0.25) is 0 Å². The summed E-state index contributed by atoms with van der Waals surface area (Å²) in [6, 6.07) is 22.0. The van der Waals surface area contributed by atoms with Gasteiger partial charge in [0.1, 0.15) is 5.75 Å². The number of benzene rings is 3. The molecular weight excluding hydrogens is 482 g/mol. The van der Waals surface area contributed by atoms with Crippen molar-refractivity contribution < 1.29 is 19.2 Å². The highest BCUT2D eigenvalue weighted by Crippen LogP contribution is 2.31. The minimum absolute atomic E-state index is 0.0282. The third kappa shape index (κ3) is 4.97. The van der Waals surface area contributed by atoms with Crippen molar-refractivity contribution in [3.63, 3.8) is 0 Å². The van der Waals surface area contributed by atoms with Crippen molar-refractivity contribution in [2.75, 3.05) is 14.2 Å². The van der Waals surface area contributed by atoms with Gasteiger partial charge in [-0.15, -0.1) is 0 Å². The summed E-state index contributed by atoms with van der Waals surface area (Å²) in [7, 11) is 2.87. The number of ether oxygens (including phenoxy) is 2. The van der Waals surface area contributed by atoms with Crippen LogP contribution in [0.15, 0.2) is 85.1 Å². The number of non-ortho nitro benzene ring substituents is 1. The number of fused-ring (bicyclic) bond motifs is 2. The van der Waals surface area contributed by atoms with Crippen molar-refractivity contribution in [1.29, 1.82) is 0 Å². The SMILES string of the molecule is COC(=O)c1ccc(Cc2cn(C/C=C/c3ccc4ccccc4n3)c3ccc([N+](=O)[O-])cc23)c(OC)c1. The monoisotopic (exact) mass is 507 g/mol. The number of carbonyl (C=O) groups excluding carboxylic acids is 1. The minimum atomic E-state index is -0.449. The van der Waals surface area contributed by atoms with Gasteiger partial charge in [-0.05, 0) is 47.5 Å². The van der Waals surface area contributed by atoms with Gasteiger partial charge in [-0.2, -0.15) is 0 Å². The van der Waals surface area contributed by atoms with Crippen LogP contribution in [0.5, 0.6) is 5.75 Å². The van der Waals surface area contributed by atoms with E-state index in [9.17, 15) is 14.9 Å². The molecule has 0 radical (unpaired) electrons. The largest absolute Gasteiger partial charge is 0.496 e. The first-order chi connectivity index (χ1) is 18.5. The molecule has 0 aliphatic rings. The number of methoxy groups -OCH3 is 2. The Hall–Kier alpha value is -4.98. The summed E-state index contributed by atoms with van der Waals surface area (Å²) in [4.78, 5) is 27.7. The number of esters is 1. The highest BCUT2D eigenvalue weighted by Gasteiger charge is 2.16. The van der Waals surface area contributed by atoms with Crippen molar-refractivity contribution >= 4 is 39.5 Å². The van der Waals surface area contributed by atoms with Gasteiger partial charge in [0.25, 0.3) is 5.69 Å². The smallest absolute Gasteiger partial charge is 0.337 e. The summed E-state index contributed by atoms with van der Waals surface area (Å²) in [5.74, 6) is 0.0938. The van der Waals surface area contributed by atoms with Crippen molar-refractivity contribution in [2.24, 2.45) is 0 Å². The fourth-order valence-electron chi connectivity index (χ4n) is 4.57. The number of hydrogen-bond donors (Lipinski definition) is 0. The number of aromatic nitrogens is 2. The molecule has 2 aromatic heterocycles. The van der Waals surface area contributed by atoms with Gasteiger partial charge >= 0.3 is 5.97 Å². The number of rotatable bonds is 8. The summed E-state index contributed by atoms with van der Waals surface area (Å²) in [5.41, 5.74) is 4.84. The van der Waals surface area contributed by atoms with Crippen molar-refractivity contribution in [3.8, 4) is 5.75 Å². The minimum Gasteiger partial charge on any atom is -0.496 e. The maximum absolute atomic E-state index is 11.9. The van der Waals surface area contributed by atoms with E-state index in [0.717, 1.165) is 38.6 Å². The number of carbonyl (C=O) groups is 1. The second-order valence-corrected chi connectivity index (χ2v) is 8.79. The molecule has 0 fully saturated rings. The fraction of sp³-hybridized carbons (Fsp3) is 0.133. The normalized spacial score (nSPS) is 11.3. The van der Waals surface area contributed by atoms with Crippen LogP contribution in [0.1, 0.15) is 27.2 Å². The van der Waals surface area contributed by atoms with Gasteiger partial charge in [-0.1, -0.05) is 36.4 Å². The Labute approximate surface area is 218 Å². The molecule has 5 aromatic rings. The van der Waals surface area contributed by atoms with Gasteiger partial charge in [-0.3, -0.25) is 10.1 Å². The first kappa shape index (κ1) is 24.7. The van der Waals surface area contributed by atoms with Gasteiger partial charge in [0.15, 0.2) is 0 Å². The number of pyridine rings is 1. The first-order valence-corrected chi connectivity index (χ1v) is 12.0.